The van der Waals surface area contributed by atoms with Crippen LogP contribution in [-0.4, -0.2) is 19.2 Å². The molecule has 0 radical (unpaired) electrons. The number of rotatable bonds is 2. The predicted molar refractivity (Wildman–Crippen MR) is 52.6 cm³/mol. The van der Waals surface area contributed by atoms with Crippen molar-refractivity contribution >= 4 is 0 Å². The maximum absolute atomic E-state index is 5.49. The minimum Gasteiger partial charge on any atom is -0.571 e. The molecule has 1 fully saturated rings. The predicted octanol–water partition coefficient (Wildman–Crippen LogP) is 2.17. The van der Waals surface area contributed by atoms with E-state index in [-0.39, 0.29) is 31.1 Å². The van der Waals surface area contributed by atoms with Gasteiger partial charge in [0.25, 0.3) is 0 Å². The van der Waals surface area contributed by atoms with E-state index < -0.39 is 0 Å². The third kappa shape index (κ3) is 9.28. The molecule has 1 unspecified atom stereocenters. The summed E-state index contributed by atoms with van der Waals surface area (Å²) in [5.41, 5.74) is 0. The summed E-state index contributed by atoms with van der Waals surface area (Å²) in [7, 11) is 0. The van der Waals surface area contributed by atoms with Gasteiger partial charge in [-0.2, -0.15) is 20.3 Å². The molecule has 1 rings (SSSR count). The van der Waals surface area contributed by atoms with Crippen molar-refractivity contribution in [2.24, 2.45) is 0 Å². The molecule has 1 atom stereocenters. The first-order valence-corrected chi connectivity index (χ1v) is 4.80. The molecule has 0 aliphatic carbocycles. The fraction of sp³-hybridized carbons (Fsp3) is 0.800. The van der Waals surface area contributed by atoms with E-state index >= 15 is 0 Å². The van der Waals surface area contributed by atoms with E-state index in [0.717, 1.165) is 25.6 Å². The van der Waals surface area contributed by atoms with Crippen molar-refractivity contribution in [2.75, 3.05) is 13.1 Å². The molecule has 0 aromatic rings. The Bertz CT molecular complexity index is 92.9. The molecule has 3 heteroatoms. The van der Waals surface area contributed by atoms with Crippen molar-refractivity contribution in [3.05, 3.63) is 12.5 Å². The smallest absolute Gasteiger partial charge is 0.571 e. The second kappa shape index (κ2) is 11.0. The standard InChI is InChI=1S/C8H15NO.C2H6.U/c1-7(2)10-8-4-3-5-9-6-8;1-2;/h4,8-9H,3,5-6H2,1-2H3;1-2H3;/q-2;;+2. The first kappa shape index (κ1) is 16.4. The molecule has 1 heterocycles. The van der Waals surface area contributed by atoms with Crippen LogP contribution in [0.25, 0.3) is 0 Å². The van der Waals surface area contributed by atoms with Gasteiger partial charge in [-0.05, 0) is 13.1 Å². The molecule has 13 heavy (non-hydrogen) atoms. The third-order valence-electron chi connectivity index (χ3n) is 1.48. The van der Waals surface area contributed by atoms with Crippen LogP contribution in [0.3, 0.4) is 0 Å². The Labute approximate surface area is 107 Å². The maximum atomic E-state index is 5.49. The molecule has 1 N–H and O–H groups in total. The summed E-state index contributed by atoms with van der Waals surface area (Å²) in [4.78, 5) is 0. The molecule has 0 aromatic carbocycles. The van der Waals surface area contributed by atoms with Gasteiger partial charge in [0.1, 0.15) is 0 Å². The summed E-state index contributed by atoms with van der Waals surface area (Å²) >= 11 is 0. The molecular formula is C10H21NOU. The molecule has 1 aliphatic rings. The molecule has 1 aliphatic heterocycles. The van der Waals surface area contributed by atoms with Crippen molar-refractivity contribution in [2.45, 2.75) is 40.2 Å². The summed E-state index contributed by atoms with van der Waals surface area (Å²) in [5, 5.41) is 3.27. The van der Waals surface area contributed by atoms with Crippen molar-refractivity contribution in [3.8, 4) is 0 Å². The first-order chi connectivity index (χ1) is 5.79. The van der Waals surface area contributed by atoms with Gasteiger partial charge in [0.05, 0.1) is 0 Å². The minimum atomic E-state index is 0. The van der Waals surface area contributed by atoms with Crippen LogP contribution < -0.4 is 5.32 Å². The summed E-state index contributed by atoms with van der Waals surface area (Å²) in [5.74, 6) is 0. The van der Waals surface area contributed by atoms with Crippen LogP contribution >= 0.6 is 0 Å². The average Bonchev–Trinajstić information content (AvgIpc) is 2.08. The SMILES string of the molecule is CC.C[C-](C)OC1[CH-]CCNC1.[U+2]. The van der Waals surface area contributed by atoms with E-state index in [1.807, 2.05) is 27.7 Å². The number of nitrogens with one attached hydrogen (secondary N) is 1. The van der Waals surface area contributed by atoms with Gasteiger partial charge in [0.2, 0.25) is 0 Å². The van der Waals surface area contributed by atoms with E-state index in [9.17, 15) is 0 Å². The van der Waals surface area contributed by atoms with Crippen molar-refractivity contribution in [1.29, 1.82) is 0 Å². The summed E-state index contributed by atoms with van der Waals surface area (Å²) in [6.45, 7) is 10.0. The second-order valence-electron chi connectivity index (χ2n) is 2.79. The first-order valence-electron chi connectivity index (χ1n) is 4.80. The van der Waals surface area contributed by atoms with Gasteiger partial charge in [-0.25, -0.2) is 6.10 Å². The van der Waals surface area contributed by atoms with Crippen molar-refractivity contribution < 1.29 is 35.9 Å². The zero-order valence-electron chi connectivity index (χ0n) is 9.18. The quantitative estimate of drug-likeness (QED) is 0.706. The molecular weight excluding hydrogens is 388 g/mol. The van der Waals surface area contributed by atoms with Crippen LogP contribution in [0.1, 0.15) is 34.1 Å². The van der Waals surface area contributed by atoms with Crippen LogP contribution in [0.4, 0.5) is 0 Å². The third-order valence-corrected chi connectivity index (χ3v) is 1.48. The number of hydrogen-bond acceptors (Lipinski definition) is 2. The van der Waals surface area contributed by atoms with Crippen LogP contribution in [0.2, 0.25) is 0 Å². The Morgan fingerprint density at radius 3 is 2.38 bits per heavy atom. The van der Waals surface area contributed by atoms with Crippen LogP contribution in [0.15, 0.2) is 0 Å². The van der Waals surface area contributed by atoms with E-state index in [1.165, 1.54) is 0 Å². The molecule has 0 bridgehead atoms. The van der Waals surface area contributed by atoms with Crippen molar-refractivity contribution in [3.63, 3.8) is 0 Å². The van der Waals surface area contributed by atoms with Gasteiger partial charge in [0.15, 0.2) is 0 Å². The molecule has 0 saturated carbocycles. The molecule has 1 saturated heterocycles. The zero-order chi connectivity index (χ0) is 9.40. The number of ether oxygens (including phenoxy) is 1. The number of hydrogen-bond donors (Lipinski definition) is 1. The monoisotopic (exact) mass is 409 g/mol. The van der Waals surface area contributed by atoms with Crippen LogP contribution in [0, 0.1) is 43.6 Å². The fourth-order valence-corrected chi connectivity index (χ4v) is 1.09. The van der Waals surface area contributed by atoms with E-state index in [2.05, 4.69) is 11.7 Å². The molecule has 0 spiro atoms. The Morgan fingerprint density at radius 1 is 1.38 bits per heavy atom. The molecule has 0 amide bonds. The minimum absolute atomic E-state index is 0. The maximum Gasteiger partial charge on any atom is 2.00 e. The van der Waals surface area contributed by atoms with Gasteiger partial charge in [0, 0.05) is 0 Å². The average molecular weight is 409 g/mol. The zero-order valence-corrected chi connectivity index (χ0v) is 13.3. The van der Waals surface area contributed by atoms with Gasteiger partial charge in [-0.1, -0.05) is 20.0 Å². The molecule has 76 valence electrons. The summed E-state index contributed by atoms with van der Waals surface area (Å²) in [6.07, 6.45) is 4.70. The Hall–Kier alpha value is 0.972. The fourth-order valence-electron chi connectivity index (χ4n) is 1.09. The van der Waals surface area contributed by atoms with Crippen LogP contribution in [0.5, 0.6) is 0 Å². The Balaban J connectivity index is 0. The topological polar surface area (TPSA) is 21.3 Å². The number of piperidine rings is 1. The van der Waals surface area contributed by atoms with E-state index in [0.29, 0.717) is 6.10 Å². The largest absolute Gasteiger partial charge is 2.00 e. The Kier molecular flexibility index (Phi) is 13.9. The van der Waals surface area contributed by atoms with Gasteiger partial charge in [-0.3, -0.25) is 0 Å². The Morgan fingerprint density at radius 2 is 2.00 bits per heavy atom. The summed E-state index contributed by atoms with van der Waals surface area (Å²) in [6, 6.07) is 0. The molecule has 2 nitrogen and oxygen atoms in total. The van der Waals surface area contributed by atoms with Crippen LogP contribution in [-0.2, 0) is 4.74 Å². The van der Waals surface area contributed by atoms with Gasteiger partial charge in [-0.15, -0.1) is 0 Å². The van der Waals surface area contributed by atoms with Gasteiger partial charge < -0.3 is 16.5 Å². The van der Waals surface area contributed by atoms with E-state index in [4.69, 9.17) is 4.74 Å². The molecule has 0 aromatic heterocycles. The normalized spacial score (nSPS) is 21.5. The van der Waals surface area contributed by atoms with E-state index in [1.54, 1.807) is 0 Å². The summed E-state index contributed by atoms with van der Waals surface area (Å²) < 4.78 is 5.49. The second-order valence-corrected chi connectivity index (χ2v) is 2.79. The van der Waals surface area contributed by atoms with Crippen molar-refractivity contribution in [1.82, 2.24) is 5.32 Å². The van der Waals surface area contributed by atoms with Gasteiger partial charge >= 0.3 is 31.1 Å².